The molecule has 5 rings (SSSR count). The highest BCUT2D eigenvalue weighted by atomic mass is 16.5. The molecule has 190 valence electrons. The largest absolute Gasteiger partial charge is 0.381 e. The van der Waals surface area contributed by atoms with Gasteiger partial charge in [-0.05, 0) is 134 Å². The van der Waals surface area contributed by atoms with Gasteiger partial charge in [0, 0.05) is 13.2 Å². The third-order valence-corrected chi connectivity index (χ3v) is 14.1. The molecule has 0 aromatic rings. The van der Waals surface area contributed by atoms with E-state index in [9.17, 15) is 0 Å². The molecule has 33 heavy (non-hydrogen) atoms. The molecule has 5 aliphatic carbocycles. The van der Waals surface area contributed by atoms with Crippen molar-refractivity contribution in [3.05, 3.63) is 0 Å². The van der Waals surface area contributed by atoms with E-state index in [1.165, 1.54) is 70.6 Å². The van der Waals surface area contributed by atoms with E-state index in [1.54, 1.807) is 0 Å². The first-order chi connectivity index (χ1) is 15.4. The van der Waals surface area contributed by atoms with Crippen molar-refractivity contribution in [2.45, 2.75) is 126 Å². The summed E-state index contributed by atoms with van der Waals surface area (Å²) >= 11 is 0. The molecule has 5 saturated carbocycles. The highest BCUT2D eigenvalue weighted by molar-refractivity contribution is 5.19. The van der Waals surface area contributed by atoms with Gasteiger partial charge in [-0.15, -0.1) is 0 Å². The van der Waals surface area contributed by atoms with Gasteiger partial charge >= 0.3 is 0 Å². The third kappa shape index (κ3) is 3.25. The van der Waals surface area contributed by atoms with E-state index in [0.717, 1.165) is 48.7 Å². The zero-order valence-electron chi connectivity index (χ0n) is 23.6. The third-order valence-electron chi connectivity index (χ3n) is 14.1. The summed E-state index contributed by atoms with van der Waals surface area (Å²) in [6.07, 6.45) is 16.4. The minimum Gasteiger partial charge on any atom is -0.381 e. The predicted octanol–water partition coefficient (Wildman–Crippen LogP) is 9.15. The molecular formula is C32H56O. The minimum absolute atomic E-state index is 0.536. The van der Waals surface area contributed by atoms with Crippen molar-refractivity contribution < 1.29 is 4.74 Å². The molecule has 5 aliphatic rings. The lowest BCUT2D eigenvalue weighted by Crippen LogP contribution is -2.65. The van der Waals surface area contributed by atoms with Crippen LogP contribution in [-0.4, -0.2) is 13.2 Å². The molecule has 0 radical (unpaired) electrons. The van der Waals surface area contributed by atoms with Gasteiger partial charge in [0.25, 0.3) is 0 Å². The topological polar surface area (TPSA) is 9.23 Å². The van der Waals surface area contributed by atoms with Crippen molar-refractivity contribution in [1.29, 1.82) is 0 Å². The number of ether oxygens (including phenoxy) is 1. The average molecular weight is 457 g/mol. The van der Waals surface area contributed by atoms with E-state index in [4.69, 9.17) is 4.74 Å². The van der Waals surface area contributed by atoms with Crippen LogP contribution in [0.3, 0.4) is 0 Å². The van der Waals surface area contributed by atoms with E-state index >= 15 is 0 Å². The standard InChI is InChI=1S/C32H56O/c1-9-33-21-22(2)23-13-18-29(5)24(23)14-19-31(7)26(29)11-12-27-30(6)17-10-16-28(3,4)25(30)15-20-32(27,31)8/h22-27H,9-21H2,1-8H3. The van der Waals surface area contributed by atoms with Crippen LogP contribution in [0, 0.1) is 62.6 Å². The molecule has 10 unspecified atom stereocenters. The lowest BCUT2D eigenvalue weighted by atomic mass is 9.32. The van der Waals surface area contributed by atoms with Crippen LogP contribution in [0.2, 0.25) is 0 Å². The fourth-order valence-corrected chi connectivity index (χ4v) is 12.4. The molecule has 5 fully saturated rings. The van der Waals surface area contributed by atoms with Crippen LogP contribution >= 0.6 is 0 Å². The molecule has 1 heteroatoms. The van der Waals surface area contributed by atoms with E-state index in [0.29, 0.717) is 27.1 Å². The maximum absolute atomic E-state index is 5.91. The summed E-state index contributed by atoms with van der Waals surface area (Å²) in [5.41, 5.74) is 2.76. The van der Waals surface area contributed by atoms with Crippen molar-refractivity contribution in [1.82, 2.24) is 0 Å². The summed E-state index contributed by atoms with van der Waals surface area (Å²) in [5, 5.41) is 0. The molecule has 0 spiro atoms. The molecule has 0 bridgehead atoms. The summed E-state index contributed by atoms with van der Waals surface area (Å²) in [6.45, 7) is 22.8. The lowest BCUT2D eigenvalue weighted by Gasteiger charge is -2.73. The Hall–Kier alpha value is -0.0400. The van der Waals surface area contributed by atoms with Crippen LogP contribution in [-0.2, 0) is 4.74 Å². The Balaban J connectivity index is 1.45. The molecule has 0 amide bonds. The second-order valence-corrected chi connectivity index (χ2v) is 15.4. The van der Waals surface area contributed by atoms with Gasteiger partial charge in [-0.2, -0.15) is 0 Å². The van der Waals surface area contributed by atoms with Crippen molar-refractivity contribution in [3.63, 3.8) is 0 Å². The molecule has 0 heterocycles. The first-order valence-electron chi connectivity index (χ1n) is 15.0. The Labute approximate surface area is 206 Å². The van der Waals surface area contributed by atoms with Gasteiger partial charge in [0.2, 0.25) is 0 Å². The quantitative estimate of drug-likeness (QED) is 0.409. The Bertz CT molecular complexity index is 741. The van der Waals surface area contributed by atoms with Crippen LogP contribution in [0.1, 0.15) is 126 Å². The summed E-state index contributed by atoms with van der Waals surface area (Å²) in [6, 6.07) is 0. The van der Waals surface area contributed by atoms with Crippen LogP contribution in [0.25, 0.3) is 0 Å². The summed E-state index contributed by atoms with van der Waals surface area (Å²) in [5.74, 6) is 5.38. The van der Waals surface area contributed by atoms with E-state index in [2.05, 4.69) is 55.4 Å². The van der Waals surface area contributed by atoms with Gasteiger partial charge in [0.15, 0.2) is 0 Å². The fourth-order valence-electron chi connectivity index (χ4n) is 12.4. The zero-order chi connectivity index (χ0) is 23.9. The van der Waals surface area contributed by atoms with Gasteiger partial charge < -0.3 is 4.74 Å². The minimum atomic E-state index is 0.536. The monoisotopic (exact) mass is 456 g/mol. The number of hydrogen-bond acceptors (Lipinski definition) is 1. The summed E-state index contributed by atoms with van der Waals surface area (Å²) in [7, 11) is 0. The Morgan fingerprint density at radius 1 is 0.697 bits per heavy atom. The summed E-state index contributed by atoms with van der Waals surface area (Å²) < 4.78 is 5.91. The number of rotatable bonds is 4. The molecule has 10 atom stereocenters. The van der Waals surface area contributed by atoms with Gasteiger partial charge in [0.05, 0.1) is 0 Å². The van der Waals surface area contributed by atoms with Gasteiger partial charge in [-0.25, -0.2) is 0 Å². The maximum atomic E-state index is 5.91. The molecule has 0 saturated heterocycles. The predicted molar refractivity (Wildman–Crippen MR) is 140 cm³/mol. The second kappa shape index (κ2) is 7.98. The average Bonchev–Trinajstić information content (AvgIpc) is 3.09. The van der Waals surface area contributed by atoms with Crippen molar-refractivity contribution >= 4 is 0 Å². The fraction of sp³-hybridized carbons (Fsp3) is 1.00. The lowest BCUT2D eigenvalue weighted by molar-refractivity contribution is -0.241. The van der Waals surface area contributed by atoms with Crippen molar-refractivity contribution in [3.8, 4) is 0 Å². The highest BCUT2D eigenvalue weighted by Crippen LogP contribution is 2.78. The van der Waals surface area contributed by atoms with Gasteiger partial charge in [0.1, 0.15) is 0 Å². The highest BCUT2D eigenvalue weighted by Gasteiger charge is 2.70. The van der Waals surface area contributed by atoms with Gasteiger partial charge in [-0.1, -0.05) is 54.9 Å². The SMILES string of the molecule is CCOCC(C)C1CCC2(C)C1CCC1(C)C2CCC2C3(C)CCCC(C)(C)C3CCC21C. The van der Waals surface area contributed by atoms with Crippen molar-refractivity contribution in [2.24, 2.45) is 62.6 Å². The van der Waals surface area contributed by atoms with Crippen LogP contribution in [0.4, 0.5) is 0 Å². The first-order valence-corrected chi connectivity index (χ1v) is 15.0. The smallest absolute Gasteiger partial charge is 0.0494 e. The van der Waals surface area contributed by atoms with E-state index in [-0.39, 0.29) is 0 Å². The van der Waals surface area contributed by atoms with Gasteiger partial charge in [-0.3, -0.25) is 0 Å². The number of hydrogen-bond donors (Lipinski definition) is 0. The molecular weight excluding hydrogens is 400 g/mol. The van der Waals surface area contributed by atoms with Crippen molar-refractivity contribution in [2.75, 3.05) is 13.2 Å². The second-order valence-electron chi connectivity index (χ2n) is 15.4. The maximum Gasteiger partial charge on any atom is 0.0494 e. The molecule has 0 aromatic carbocycles. The molecule has 1 nitrogen and oxygen atoms in total. The normalized spacial score (nSPS) is 54.0. The number of fused-ring (bicyclic) bond motifs is 7. The Kier molecular flexibility index (Phi) is 5.96. The molecule has 0 aliphatic heterocycles. The Morgan fingerprint density at radius 3 is 2.00 bits per heavy atom. The van der Waals surface area contributed by atoms with E-state index < -0.39 is 0 Å². The Morgan fingerprint density at radius 2 is 1.33 bits per heavy atom. The van der Waals surface area contributed by atoms with Crippen LogP contribution < -0.4 is 0 Å². The van der Waals surface area contributed by atoms with Crippen LogP contribution in [0.15, 0.2) is 0 Å². The van der Waals surface area contributed by atoms with Crippen LogP contribution in [0.5, 0.6) is 0 Å². The van der Waals surface area contributed by atoms with E-state index in [1.807, 2.05) is 0 Å². The summed E-state index contributed by atoms with van der Waals surface area (Å²) in [4.78, 5) is 0. The molecule has 0 N–H and O–H groups in total. The zero-order valence-corrected chi connectivity index (χ0v) is 23.6. The first kappa shape index (κ1) is 24.6. The molecule has 0 aromatic heterocycles.